The van der Waals surface area contributed by atoms with E-state index in [-0.39, 0.29) is 12.1 Å². The summed E-state index contributed by atoms with van der Waals surface area (Å²) in [6.07, 6.45) is 1.40. The van der Waals surface area contributed by atoms with Crippen LogP contribution in [-0.4, -0.2) is 32.4 Å². The molecule has 0 aliphatic carbocycles. The summed E-state index contributed by atoms with van der Waals surface area (Å²) in [7, 11) is -1.87. The standard InChI is InChI=1S/C19H23NO3S/c1-15-10-12-17(13-11-15)24(21,22)20-14-6-9-18(20)19(23-2)16-7-4-3-5-8-16/h3-5,7-8,10-13,18-19H,6,9,14H2,1-2H3. The first kappa shape index (κ1) is 17.1. The van der Waals surface area contributed by atoms with Gasteiger partial charge in [0.15, 0.2) is 0 Å². The lowest BCUT2D eigenvalue weighted by molar-refractivity contribution is 0.0533. The Hall–Kier alpha value is -1.69. The third kappa shape index (κ3) is 3.24. The summed E-state index contributed by atoms with van der Waals surface area (Å²) in [5.74, 6) is 0. The van der Waals surface area contributed by atoms with Crippen molar-refractivity contribution >= 4 is 10.0 Å². The van der Waals surface area contributed by atoms with E-state index in [1.807, 2.05) is 49.4 Å². The average Bonchev–Trinajstić information content (AvgIpc) is 3.07. The number of hydrogen-bond acceptors (Lipinski definition) is 3. The van der Waals surface area contributed by atoms with Crippen LogP contribution in [0.15, 0.2) is 59.5 Å². The molecule has 2 aromatic carbocycles. The fraction of sp³-hybridized carbons (Fsp3) is 0.368. The molecule has 0 amide bonds. The second-order valence-electron chi connectivity index (χ2n) is 6.21. The predicted octanol–water partition coefficient (Wildman–Crippen LogP) is 3.54. The smallest absolute Gasteiger partial charge is 0.243 e. The second-order valence-corrected chi connectivity index (χ2v) is 8.10. The molecule has 2 unspecified atom stereocenters. The molecule has 0 aromatic heterocycles. The van der Waals surface area contributed by atoms with Gasteiger partial charge in [-0.3, -0.25) is 0 Å². The lowest BCUT2D eigenvalue weighted by atomic mass is 10.0. The van der Waals surface area contributed by atoms with Crippen molar-refractivity contribution < 1.29 is 13.2 Å². The Morgan fingerprint density at radius 2 is 1.75 bits per heavy atom. The molecular formula is C19H23NO3S. The summed E-state index contributed by atoms with van der Waals surface area (Å²) in [5, 5.41) is 0. The van der Waals surface area contributed by atoms with E-state index in [1.165, 1.54) is 0 Å². The first-order valence-corrected chi connectivity index (χ1v) is 9.64. The lowest BCUT2D eigenvalue weighted by Gasteiger charge is -2.30. The molecule has 3 rings (SSSR count). The van der Waals surface area contributed by atoms with Gasteiger partial charge in [0, 0.05) is 13.7 Å². The number of aryl methyl sites for hydroxylation is 1. The molecule has 2 atom stereocenters. The number of ether oxygens (including phenoxy) is 1. The minimum atomic E-state index is -3.51. The van der Waals surface area contributed by atoms with Gasteiger partial charge in [0.1, 0.15) is 0 Å². The highest BCUT2D eigenvalue weighted by atomic mass is 32.2. The zero-order valence-corrected chi connectivity index (χ0v) is 14.9. The zero-order valence-electron chi connectivity index (χ0n) is 14.1. The van der Waals surface area contributed by atoms with Crippen molar-refractivity contribution in [3.63, 3.8) is 0 Å². The van der Waals surface area contributed by atoms with Crippen LogP contribution in [0.5, 0.6) is 0 Å². The predicted molar refractivity (Wildman–Crippen MR) is 94.3 cm³/mol. The van der Waals surface area contributed by atoms with Crippen molar-refractivity contribution in [3.05, 3.63) is 65.7 Å². The third-order valence-corrected chi connectivity index (χ3v) is 6.55. The molecule has 0 radical (unpaired) electrons. The highest BCUT2D eigenvalue weighted by molar-refractivity contribution is 7.89. The summed E-state index contributed by atoms with van der Waals surface area (Å²) in [5.41, 5.74) is 2.06. The third-order valence-electron chi connectivity index (χ3n) is 4.61. The van der Waals surface area contributed by atoms with E-state index in [0.29, 0.717) is 11.4 Å². The SMILES string of the molecule is COC(c1ccccc1)C1CCCN1S(=O)(=O)c1ccc(C)cc1. The fourth-order valence-electron chi connectivity index (χ4n) is 3.37. The number of rotatable bonds is 5. The van der Waals surface area contributed by atoms with Gasteiger partial charge in [-0.05, 0) is 37.5 Å². The summed E-state index contributed by atoms with van der Waals surface area (Å²) < 4.78 is 33.5. The molecule has 2 aromatic rings. The van der Waals surface area contributed by atoms with E-state index < -0.39 is 10.0 Å². The molecule has 0 bridgehead atoms. The van der Waals surface area contributed by atoms with Gasteiger partial charge < -0.3 is 4.74 Å². The van der Waals surface area contributed by atoms with Gasteiger partial charge in [-0.15, -0.1) is 0 Å². The average molecular weight is 345 g/mol. The van der Waals surface area contributed by atoms with Gasteiger partial charge in [-0.1, -0.05) is 48.0 Å². The van der Waals surface area contributed by atoms with E-state index in [2.05, 4.69) is 0 Å². The number of sulfonamides is 1. The molecule has 1 fully saturated rings. The molecule has 0 N–H and O–H groups in total. The molecule has 1 heterocycles. The molecular weight excluding hydrogens is 322 g/mol. The van der Waals surface area contributed by atoms with Crippen molar-refractivity contribution in [2.45, 2.75) is 36.8 Å². The Morgan fingerprint density at radius 1 is 1.08 bits per heavy atom. The van der Waals surface area contributed by atoms with Crippen molar-refractivity contribution in [3.8, 4) is 0 Å². The van der Waals surface area contributed by atoms with Crippen LogP contribution in [0.4, 0.5) is 0 Å². The second kappa shape index (κ2) is 7.05. The minimum absolute atomic E-state index is 0.177. The Bertz CT molecular complexity index is 772. The van der Waals surface area contributed by atoms with Crippen LogP contribution in [0.3, 0.4) is 0 Å². The molecule has 0 spiro atoms. The van der Waals surface area contributed by atoms with Crippen LogP contribution in [0.2, 0.25) is 0 Å². The number of methoxy groups -OCH3 is 1. The van der Waals surface area contributed by atoms with Crippen LogP contribution >= 0.6 is 0 Å². The van der Waals surface area contributed by atoms with Crippen molar-refractivity contribution in [1.29, 1.82) is 0 Å². The largest absolute Gasteiger partial charge is 0.375 e. The Morgan fingerprint density at radius 3 is 2.38 bits per heavy atom. The van der Waals surface area contributed by atoms with Crippen LogP contribution in [0, 0.1) is 6.92 Å². The Labute approximate surface area is 144 Å². The molecule has 1 aliphatic rings. The fourth-order valence-corrected chi connectivity index (χ4v) is 5.06. The highest BCUT2D eigenvalue weighted by Crippen LogP contribution is 2.35. The molecule has 24 heavy (non-hydrogen) atoms. The van der Waals surface area contributed by atoms with Crippen LogP contribution < -0.4 is 0 Å². The minimum Gasteiger partial charge on any atom is -0.375 e. The monoisotopic (exact) mass is 345 g/mol. The lowest BCUT2D eigenvalue weighted by Crippen LogP contribution is -2.39. The van der Waals surface area contributed by atoms with E-state index in [4.69, 9.17) is 4.74 Å². The summed E-state index contributed by atoms with van der Waals surface area (Å²) in [4.78, 5) is 0.350. The van der Waals surface area contributed by atoms with Gasteiger partial charge in [0.2, 0.25) is 10.0 Å². The first-order valence-electron chi connectivity index (χ1n) is 8.20. The zero-order chi connectivity index (χ0) is 17.2. The number of benzene rings is 2. The molecule has 1 saturated heterocycles. The van der Waals surface area contributed by atoms with Gasteiger partial charge in [-0.2, -0.15) is 4.31 Å². The summed E-state index contributed by atoms with van der Waals surface area (Å²) >= 11 is 0. The van der Waals surface area contributed by atoms with E-state index in [0.717, 1.165) is 24.0 Å². The van der Waals surface area contributed by atoms with E-state index >= 15 is 0 Å². The van der Waals surface area contributed by atoms with Crippen molar-refractivity contribution in [2.75, 3.05) is 13.7 Å². The van der Waals surface area contributed by atoms with Gasteiger partial charge >= 0.3 is 0 Å². The topological polar surface area (TPSA) is 46.6 Å². The van der Waals surface area contributed by atoms with Gasteiger partial charge in [0.05, 0.1) is 17.0 Å². The molecule has 1 aliphatic heterocycles. The van der Waals surface area contributed by atoms with Crippen LogP contribution in [0.1, 0.15) is 30.1 Å². The molecule has 0 saturated carbocycles. The quantitative estimate of drug-likeness (QED) is 0.833. The van der Waals surface area contributed by atoms with Crippen LogP contribution in [0.25, 0.3) is 0 Å². The highest BCUT2D eigenvalue weighted by Gasteiger charge is 2.40. The maximum Gasteiger partial charge on any atom is 0.243 e. The summed E-state index contributed by atoms with van der Waals surface area (Å²) in [6, 6.07) is 16.7. The van der Waals surface area contributed by atoms with Crippen molar-refractivity contribution in [1.82, 2.24) is 4.31 Å². The van der Waals surface area contributed by atoms with E-state index in [1.54, 1.807) is 23.5 Å². The van der Waals surface area contributed by atoms with Gasteiger partial charge in [0.25, 0.3) is 0 Å². The van der Waals surface area contributed by atoms with Crippen LogP contribution in [-0.2, 0) is 14.8 Å². The number of nitrogens with zero attached hydrogens (tertiary/aromatic N) is 1. The normalized spacial score (nSPS) is 20.2. The number of hydrogen-bond donors (Lipinski definition) is 0. The molecule has 4 nitrogen and oxygen atoms in total. The molecule has 5 heteroatoms. The van der Waals surface area contributed by atoms with Gasteiger partial charge in [-0.25, -0.2) is 8.42 Å². The van der Waals surface area contributed by atoms with Crippen molar-refractivity contribution in [2.24, 2.45) is 0 Å². The first-order chi connectivity index (χ1) is 11.5. The van der Waals surface area contributed by atoms with E-state index in [9.17, 15) is 8.42 Å². The maximum atomic E-state index is 13.1. The Balaban J connectivity index is 1.93. The summed E-state index contributed by atoms with van der Waals surface area (Å²) in [6.45, 7) is 2.49. The Kier molecular flexibility index (Phi) is 5.04. The molecule has 128 valence electrons. The maximum absolute atomic E-state index is 13.1.